The second kappa shape index (κ2) is 6.94. The fraction of sp³-hybridized carbons (Fsp3) is 0.600. The Hall–Kier alpha value is 0.180. The molecule has 0 spiro atoms. The molecule has 0 nitrogen and oxygen atoms in total. The maximum atomic E-state index is 3.92. The van der Waals surface area contributed by atoms with E-state index in [1.165, 1.54) is 55.0 Å². The smallest absolute Gasteiger partial charge is 0.0423 e. The van der Waals surface area contributed by atoms with E-state index in [1.54, 1.807) is 0 Å². The predicted octanol–water partition coefficient (Wildman–Crippen LogP) is 6.25. The van der Waals surface area contributed by atoms with Crippen molar-refractivity contribution in [3.8, 4) is 0 Å². The van der Waals surface area contributed by atoms with E-state index < -0.39 is 0 Å². The molecule has 1 aromatic rings. The zero-order valence-corrected chi connectivity index (χ0v) is 13.3. The summed E-state index contributed by atoms with van der Waals surface area (Å²) in [5.41, 5.74) is 1.43. The fourth-order valence-electron chi connectivity index (χ4n) is 2.70. The average molecular weight is 360 g/mol. The summed E-state index contributed by atoms with van der Waals surface area (Å²) in [4.78, 5) is 0.536. The van der Waals surface area contributed by atoms with Crippen LogP contribution in [0.4, 0.5) is 0 Å². The van der Waals surface area contributed by atoms with Gasteiger partial charge in [-0.25, -0.2) is 0 Å². The van der Waals surface area contributed by atoms with E-state index >= 15 is 0 Å². The van der Waals surface area contributed by atoms with Crippen LogP contribution >= 0.6 is 31.9 Å². The first-order valence-electron chi connectivity index (χ1n) is 6.67. The van der Waals surface area contributed by atoms with Gasteiger partial charge in [0.1, 0.15) is 0 Å². The van der Waals surface area contributed by atoms with Gasteiger partial charge >= 0.3 is 0 Å². The van der Waals surface area contributed by atoms with E-state index in [2.05, 4.69) is 56.1 Å². The first-order chi connectivity index (χ1) is 8.27. The van der Waals surface area contributed by atoms with E-state index in [0.29, 0.717) is 4.83 Å². The molecule has 1 aromatic carbocycles. The molecule has 0 bridgehead atoms. The van der Waals surface area contributed by atoms with Crippen molar-refractivity contribution in [2.75, 3.05) is 0 Å². The molecule has 1 aliphatic carbocycles. The van der Waals surface area contributed by atoms with E-state index in [9.17, 15) is 0 Å². The quantitative estimate of drug-likeness (QED) is 0.547. The number of halogens is 2. The zero-order chi connectivity index (χ0) is 12.1. The third-order valence-electron chi connectivity index (χ3n) is 3.75. The molecule has 0 aliphatic heterocycles. The Kier molecular flexibility index (Phi) is 5.55. The standard InChI is InChI=1S/C15H20Br2/c16-14-10-8-13(9-11-14)15(17)12-6-4-2-1-3-5-7-12/h8-12,15H,1-7H2. The Morgan fingerprint density at radius 1 is 0.882 bits per heavy atom. The highest BCUT2D eigenvalue weighted by molar-refractivity contribution is 9.10. The second-order valence-corrected chi connectivity index (χ2v) is 6.96. The molecule has 1 atom stereocenters. The minimum absolute atomic E-state index is 0.536. The Balaban J connectivity index is 2.01. The van der Waals surface area contributed by atoms with Crippen LogP contribution in [-0.2, 0) is 0 Å². The van der Waals surface area contributed by atoms with Gasteiger partial charge in [0.25, 0.3) is 0 Å². The van der Waals surface area contributed by atoms with Crippen molar-refractivity contribution in [3.63, 3.8) is 0 Å². The van der Waals surface area contributed by atoms with Gasteiger partial charge in [-0.3, -0.25) is 0 Å². The van der Waals surface area contributed by atoms with Crippen LogP contribution < -0.4 is 0 Å². The van der Waals surface area contributed by atoms with E-state index in [4.69, 9.17) is 0 Å². The van der Waals surface area contributed by atoms with Crippen LogP contribution in [0.2, 0.25) is 0 Å². The van der Waals surface area contributed by atoms with Gasteiger partial charge in [-0.05, 0) is 36.5 Å². The molecule has 2 heteroatoms. The number of benzene rings is 1. The van der Waals surface area contributed by atoms with Gasteiger partial charge in [-0.1, -0.05) is 76.1 Å². The maximum Gasteiger partial charge on any atom is 0.0423 e. The number of alkyl halides is 1. The highest BCUT2D eigenvalue weighted by atomic mass is 79.9. The summed E-state index contributed by atoms with van der Waals surface area (Å²) < 4.78 is 1.17. The summed E-state index contributed by atoms with van der Waals surface area (Å²) >= 11 is 7.42. The van der Waals surface area contributed by atoms with Crippen LogP contribution in [0.3, 0.4) is 0 Å². The highest BCUT2D eigenvalue weighted by Gasteiger charge is 2.20. The van der Waals surface area contributed by atoms with Crippen molar-refractivity contribution in [2.45, 2.75) is 49.8 Å². The SMILES string of the molecule is Brc1ccc(C(Br)C2CCCCCCC2)cc1. The molecule has 17 heavy (non-hydrogen) atoms. The first-order valence-corrected chi connectivity index (χ1v) is 8.38. The number of rotatable bonds is 2. The van der Waals surface area contributed by atoms with Crippen LogP contribution in [0.15, 0.2) is 28.7 Å². The molecule has 0 N–H and O–H groups in total. The molecule has 0 amide bonds. The molecule has 1 aliphatic rings. The number of hydrogen-bond acceptors (Lipinski definition) is 0. The molecule has 1 unspecified atom stereocenters. The first kappa shape index (κ1) is 13.6. The summed E-state index contributed by atoms with van der Waals surface area (Å²) in [5, 5.41) is 0. The summed E-state index contributed by atoms with van der Waals surface area (Å²) in [6.07, 6.45) is 9.87. The Labute approximate surface area is 121 Å². The summed E-state index contributed by atoms with van der Waals surface area (Å²) in [7, 11) is 0. The van der Waals surface area contributed by atoms with Gasteiger partial charge in [-0.2, -0.15) is 0 Å². The minimum atomic E-state index is 0.536. The van der Waals surface area contributed by atoms with Crippen molar-refractivity contribution in [3.05, 3.63) is 34.3 Å². The maximum absolute atomic E-state index is 3.92. The zero-order valence-electron chi connectivity index (χ0n) is 10.2. The lowest BCUT2D eigenvalue weighted by Crippen LogP contribution is -2.10. The van der Waals surface area contributed by atoms with Gasteiger partial charge < -0.3 is 0 Å². The molecule has 94 valence electrons. The van der Waals surface area contributed by atoms with Gasteiger partial charge in [0, 0.05) is 9.30 Å². The van der Waals surface area contributed by atoms with Crippen LogP contribution in [0, 0.1) is 5.92 Å². The molecule has 2 rings (SSSR count). The number of hydrogen-bond donors (Lipinski definition) is 0. The lowest BCUT2D eigenvalue weighted by atomic mass is 9.86. The summed E-state index contributed by atoms with van der Waals surface area (Å²) in [5.74, 6) is 0.816. The minimum Gasteiger partial charge on any atom is -0.0836 e. The Morgan fingerprint density at radius 3 is 2.00 bits per heavy atom. The van der Waals surface area contributed by atoms with Crippen molar-refractivity contribution >= 4 is 31.9 Å². The third kappa shape index (κ3) is 4.10. The van der Waals surface area contributed by atoms with Gasteiger partial charge in [0.05, 0.1) is 0 Å². The van der Waals surface area contributed by atoms with E-state index in [1.807, 2.05) is 0 Å². The molecule has 0 radical (unpaired) electrons. The largest absolute Gasteiger partial charge is 0.0836 e. The molecule has 0 aromatic heterocycles. The monoisotopic (exact) mass is 358 g/mol. The average Bonchev–Trinajstić information content (AvgIpc) is 2.29. The predicted molar refractivity (Wildman–Crippen MR) is 81.6 cm³/mol. The van der Waals surface area contributed by atoms with Crippen LogP contribution in [0.5, 0.6) is 0 Å². The third-order valence-corrected chi connectivity index (χ3v) is 5.56. The molecule has 0 heterocycles. The topological polar surface area (TPSA) is 0 Å². The molecular formula is C15H20Br2. The molecule has 1 fully saturated rings. The fourth-order valence-corrected chi connectivity index (χ4v) is 3.80. The summed E-state index contributed by atoms with van der Waals surface area (Å²) in [6.45, 7) is 0. The normalized spacial score (nSPS) is 20.6. The Bertz CT molecular complexity index is 323. The molecular weight excluding hydrogens is 340 g/mol. The molecule has 0 saturated heterocycles. The molecule has 1 saturated carbocycles. The van der Waals surface area contributed by atoms with E-state index in [-0.39, 0.29) is 0 Å². The van der Waals surface area contributed by atoms with Crippen LogP contribution in [-0.4, -0.2) is 0 Å². The van der Waals surface area contributed by atoms with Crippen molar-refractivity contribution < 1.29 is 0 Å². The lowest BCUT2D eigenvalue weighted by molar-refractivity contribution is 0.374. The van der Waals surface area contributed by atoms with Crippen molar-refractivity contribution in [1.29, 1.82) is 0 Å². The Morgan fingerprint density at radius 2 is 1.41 bits per heavy atom. The van der Waals surface area contributed by atoms with E-state index in [0.717, 1.165) is 5.92 Å². The van der Waals surface area contributed by atoms with Crippen LogP contribution in [0.25, 0.3) is 0 Å². The van der Waals surface area contributed by atoms with Gasteiger partial charge in [-0.15, -0.1) is 0 Å². The summed E-state index contributed by atoms with van der Waals surface area (Å²) in [6, 6.07) is 8.77. The van der Waals surface area contributed by atoms with Crippen molar-refractivity contribution in [2.24, 2.45) is 5.92 Å². The van der Waals surface area contributed by atoms with Gasteiger partial charge in [0.15, 0.2) is 0 Å². The lowest BCUT2D eigenvalue weighted by Gasteiger charge is -2.25. The second-order valence-electron chi connectivity index (χ2n) is 5.06. The highest BCUT2D eigenvalue weighted by Crippen LogP contribution is 2.38. The van der Waals surface area contributed by atoms with Gasteiger partial charge in [0.2, 0.25) is 0 Å². The van der Waals surface area contributed by atoms with Crippen molar-refractivity contribution in [1.82, 2.24) is 0 Å². The van der Waals surface area contributed by atoms with Crippen LogP contribution in [0.1, 0.15) is 55.3 Å².